The standard InChI is InChI=1S/C23H24O3S/c1-3-8-18(9-4-1)15-24-17-22-20(25-16-19-10-5-2-6-11-19)14-21(26-22)23-12-7-13-27-23/h1-13,20-22H,14-17H2/t20-,21?,22+/m0/s1. The molecule has 4 heteroatoms. The maximum atomic E-state index is 6.31. The predicted octanol–water partition coefficient (Wildman–Crippen LogP) is 5.38. The van der Waals surface area contributed by atoms with Crippen LogP contribution in [0.4, 0.5) is 0 Å². The van der Waals surface area contributed by atoms with Crippen molar-refractivity contribution in [1.82, 2.24) is 0 Å². The lowest BCUT2D eigenvalue weighted by Gasteiger charge is -2.19. The summed E-state index contributed by atoms with van der Waals surface area (Å²) in [5, 5.41) is 2.09. The number of rotatable bonds is 8. The van der Waals surface area contributed by atoms with Crippen LogP contribution < -0.4 is 0 Å². The Kier molecular flexibility index (Phi) is 6.32. The van der Waals surface area contributed by atoms with Gasteiger partial charge < -0.3 is 14.2 Å². The van der Waals surface area contributed by atoms with Crippen molar-refractivity contribution < 1.29 is 14.2 Å². The van der Waals surface area contributed by atoms with Gasteiger partial charge in [-0.15, -0.1) is 11.3 Å². The van der Waals surface area contributed by atoms with Crippen molar-refractivity contribution in [2.24, 2.45) is 0 Å². The highest BCUT2D eigenvalue weighted by atomic mass is 32.1. The molecule has 2 heterocycles. The second-order valence-corrected chi connectivity index (χ2v) is 7.73. The average molecular weight is 381 g/mol. The van der Waals surface area contributed by atoms with Crippen LogP contribution in [0.25, 0.3) is 0 Å². The molecule has 0 saturated carbocycles. The maximum absolute atomic E-state index is 6.31. The van der Waals surface area contributed by atoms with E-state index < -0.39 is 0 Å². The summed E-state index contributed by atoms with van der Waals surface area (Å²) in [5.41, 5.74) is 2.35. The zero-order valence-corrected chi connectivity index (χ0v) is 16.0. The molecule has 3 aromatic rings. The van der Waals surface area contributed by atoms with Gasteiger partial charge in [-0.05, 0) is 22.6 Å². The highest BCUT2D eigenvalue weighted by Crippen LogP contribution is 2.37. The maximum Gasteiger partial charge on any atom is 0.108 e. The Labute approximate surface area is 164 Å². The SMILES string of the molecule is c1ccc(COC[C@H]2OC(c3cccs3)C[C@@H]2OCc2ccccc2)cc1. The number of ether oxygens (including phenoxy) is 3. The molecule has 27 heavy (non-hydrogen) atoms. The molecule has 1 fully saturated rings. The van der Waals surface area contributed by atoms with E-state index in [1.807, 2.05) is 36.4 Å². The van der Waals surface area contributed by atoms with E-state index in [-0.39, 0.29) is 18.3 Å². The van der Waals surface area contributed by atoms with Crippen LogP contribution in [0.3, 0.4) is 0 Å². The smallest absolute Gasteiger partial charge is 0.108 e. The van der Waals surface area contributed by atoms with Crippen molar-refractivity contribution in [2.75, 3.05) is 6.61 Å². The minimum absolute atomic E-state index is 0.0353. The van der Waals surface area contributed by atoms with Crippen molar-refractivity contribution in [3.8, 4) is 0 Å². The summed E-state index contributed by atoms with van der Waals surface area (Å²) in [4.78, 5) is 1.26. The van der Waals surface area contributed by atoms with Gasteiger partial charge in [-0.2, -0.15) is 0 Å². The minimum atomic E-state index is -0.0514. The monoisotopic (exact) mass is 380 g/mol. The fourth-order valence-corrected chi connectivity index (χ4v) is 4.12. The molecule has 1 aliphatic heterocycles. The molecular formula is C23H24O3S. The summed E-state index contributed by atoms with van der Waals surface area (Å²) in [6.07, 6.45) is 0.945. The lowest BCUT2D eigenvalue weighted by molar-refractivity contribution is -0.0711. The second-order valence-electron chi connectivity index (χ2n) is 6.75. The Balaban J connectivity index is 1.36. The van der Waals surface area contributed by atoms with Gasteiger partial charge in [-0.3, -0.25) is 0 Å². The summed E-state index contributed by atoms with van der Waals surface area (Å²) in [7, 11) is 0. The fourth-order valence-electron chi connectivity index (χ4n) is 3.34. The molecule has 1 unspecified atom stereocenters. The lowest BCUT2D eigenvalue weighted by atomic mass is 10.1. The normalized spacial score (nSPS) is 22.1. The van der Waals surface area contributed by atoms with E-state index >= 15 is 0 Å². The van der Waals surface area contributed by atoms with Gasteiger partial charge in [0.05, 0.1) is 32.0 Å². The van der Waals surface area contributed by atoms with Gasteiger partial charge in [0, 0.05) is 11.3 Å². The van der Waals surface area contributed by atoms with Crippen LogP contribution in [0.15, 0.2) is 78.2 Å². The third-order valence-electron chi connectivity index (χ3n) is 4.76. The first kappa shape index (κ1) is 18.4. The highest BCUT2D eigenvalue weighted by molar-refractivity contribution is 7.10. The number of hydrogen-bond acceptors (Lipinski definition) is 4. The van der Waals surface area contributed by atoms with E-state index in [4.69, 9.17) is 14.2 Å². The van der Waals surface area contributed by atoms with Crippen molar-refractivity contribution in [3.05, 3.63) is 94.2 Å². The third-order valence-corrected chi connectivity index (χ3v) is 5.73. The number of benzene rings is 2. The fraction of sp³-hybridized carbons (Fsp3) is 0.304. The number of hydrogen-bond donors (Lipinski definition) is 0. The van der Waals surface area contributed by atoms with Crippen LogP contribution in [-0.4, -0.2) is 18.8 Å². The van der Waals surface area contributed by atoms with Crippen LogP contribution >= 0.6 is 11.3 Å². The van der Waals surface area contributed by atoms with Gasteiger partial charge in [-0.25, -0.2) is 0 Å². The van der Waals surface area contributed by atoms with Gasteiger partial charge >= 0.3 is 0 Å². The second kappa shape index (κ2) is 9.29. The zero-order valence-electron chi connectivity index (χ0n) is 15.2. The Hall–Kier alpha value is -1.98. The van der Waals surface area contributed by atoms with Crippen molar-refractivity contribution in [1.29, 1.82) is 0 Å². The molecule has 1 aliphatic rings. The first-order chi connectivity index (χ1) is 13.4. The molecule has 1 aromatic heterocycles. The van der Waals surface area contributed by atoms with E-state index in [2.05, 4.69) is 41.8 Å². The number of thiophene rings is 1. The molecule has 3 atom stereocenters. The van der Waals surface area contributed by atoms with Crippen molar-refractivity contribution >= 4 is 11.3 Å². The van der Waals surface area contributed by atoms with Gasteiger partial charge in [0.15, 0.2) is 0 Å². The van der Waals surface area contributed by atoms with E-state index in [0.717, 1.165) is 6.42 Å². The first-order valence-corrected chi connectivity index (χ1v) is 10.2. The summed E-state index contributed by atoms with van der Waals surface area (Å²) < 4.78 is 18.5. The molecule has 0 aliphatic carbocycles. The molecule has 0 amide bonds. The van der Waals surface area contributed by atoms with Gasteiger partial charge in [0.1, 0.15) is 6.10 Å². The molecular weight excluding hydrogens is 356 g/mol. The molecule has 0 bridgehead atoms. The predicted molar refractivity (Wildman–Crippen MR) is 108 cm³/mol. The zero-order chi connectivity index (χ0) is 18.3. The van der Waals surface area contributed by atoms with Crippen molar-refractivity contribution in [3.63, 3.8) is 0 Å². The first-order valence-electron chi connectivity index (χ1n) is 9.34. The van der Waals surface area contributed by atoms with Gasteiger partial charge in [-0.1, -0.05) is 66.7 Å². The molecule has 4 rings (SSSR count). The Bertz CT molecular complexity index is 789. The molecule has 1 saturated heterocycles. The minimum Gasteiger partial charge on any atom is -0.374 e. The Morgan fingerprint density at radius 1 is 0.852 bits per heavy atom. The topological polar surface area (TPSA) is 27.7 Å². The summed E-state index contributed by atoms with van der Waals surface area (Å²) in [5.74, 6) is 0. The van der Waals surface area contributed by atoms with E-state index in [1.165, 1.54) is 16.0 Å². The average Bonchev–Trinajstić information content (AvgIpc) is 3.38. The van der Waals surface area contributed by atoms with Crippen LogP contribution in [0.5, 0.6) is 0 Å². The van der Waals surface area contributed by atoms with Crippen LogP contribution in [-0.2, 0) is 27.4 Å². The van der Waals surface area contributed by atoms with E-state index in [0.29, 0.717) is 19.8 Å². The van der Waals surface area contributed by atoms with Crippen molar-refractivity contribution in [2.45, 2.75) is 37.9 Å². The molecule has 2 aromatic carbocycles. The van der Waals surface area contributed by atoms with E-state index in [9.17, 15) is 0 Å². The highest BCUT2D eigenvalue weighted by Gasteiger charge is 2.37. The largest absolute Gasteiger partial charge is 0.374 e. The molecule has 0 N–H and O–H groups in total. The quantitative estimate of drug-likeness (QED) is 0.525. The van der Waals surface area contributed by atoms with Gasteiger partial charge in [0.2, 0.25) is 0 Å². The molecule has 140 valence electrons. The Morgan fingerprint density at radius 2 is 1.56 bits per heavy atom. The summed E-state index contributed by atoms with van der Waals surface area (Å²) in [6, 6.07) is 24.7. The molecule has 0 spiro atoms. The van der Waals surface area contributed by atoms with E-state index in [1.54, 1.807) is 11.3 Å². The molecule has 3 nitrogen and oxygen atoms in total. The third kappa shape index (κ3) is 5.05. The van der Waals surface area contributed by atoms with Crippen LogP contribution in [0, 0.1) is 0 Å². The van der Waals surface area contributed by atoms with Crippen LogP contribution in [0.1, 0.15) is 28.5 Å². The summed E-state index contributed by atoms with van der Waals surface area (Å²) >= 11 is 1.74. The molecule has 0 radical (unpaired) electrons. The summed E-state index contributed by atoms with van der Waals surface area (Å²) in [6.45, 7) is 1.73. The van der Waals surface area contributed by atoms with Crippen LogP contribution in [0.2, 0.25) is 0 Å². The lowest BCUT2D eigenvalue weighted by Crippen LogP contribution is -2.29. The van der Waals surface area contributed by atoms with Gasteiger partial charge in [0.25, 0.3) is 0 Å². The Morgan fingerprint density at radius 3 is 2.22 bits per heavy atom.